The Morgan fingerprint density at radius 3 is 2.68 bits per heavy atom. The Morgan fingerprint density at radius 2 is 1.89 bits per heavy atom. The van der Waals surface area contributed by atoms with Gasteiger partial charge in [-0.1, -0.05) is 50.2 Å². The van der Waals surface area contributed by atoms with E-state index in [0.717, 1.165) is 74.9 Å². The second-order valence-electron chi connectivity index (χ2n) is 12.2. The minimum atomic E-state index is -0.399. The van der Waals surface area contributed by atoms with Crippen LogP contribution in [0.5, 0.6) is 0 Å². The van der Waals surface area contributed by atoms with Gasteiger partial charge in [0.2, 0.25) is 0 Å². The zero-order valence-electron chi connectivity index (χ0n) is 23.0. The Morgan fingerprint density at radius 1 is 1.11 bits per heavy atom. The highest BCUT2D eigenvalue weighted by molar-refractivity contribution is 5.74. The first-order chi connectivity index (χ1) is 18.4. The van der Waals surface area contributed by atoms with E-state index in [0.29, 0.717) is 18.4 Å². The molecular formula is C32H41N3O3. The van der Waals surface area contributed by atoms with Gasteiger partial charge in [-0.3, -0.25) is 4.79 Å². The van der Waals surface area contributed by atoms with Crippen LogP contribution < -0.4 is 0 Å². The van der Waals surface area contributed by atoms with Crippen LogP contribution in [0.4, 0.5) is 0 Å². The van der Waals surface area contributed by atoms with E-state index in [9.17, 15) is 4.79 Å². The molecule has 0 amide bonds. The molecular weight excluding hydrogens is 474 g/mol. The Bertz CT molecular complexity index is 1270. The van der Waals surface area contributed by atoms with Gasteiger partial charge < -0.3 is 19.4 Å². The van der Waals surface area contributed by atoms with Crippen molar-refractivity contribution in [3.8, 4) is 0 Å². The first kappa shape index (κ1) is 25.6. The molecule has 0 unspecified atom stereocenters. The fraction of sp³-hybridized carbons (Fsp3) is 0.562. The van der Waals surface area contributed by atoms with Crippen molar-refractivity contribution in [1.29, 1.82) is 0 Å². The third kappa shape index (κ3) is 4.56. The number of aryl methyl sites for hydroxylation is 1. The van der Waals surface area contributed by atoms with E-state index in [4.69, 9.17) is 14.5 Å². The number of ether oxygens (including phenoxy) is 2. The van der Waals surface area contributed by atoms with Crippen LogP contribution in [0.25, 0.3) is 11.0 Å². The maximum Gasteiger partial charge on any atom is 0.308 e. The molecule has 4 aliphatic rings. The van der Waals surface area contributed by atoms with Gasteiger partial charge >= 0.3 is 5.97 Å². The second kappa shape index (κ2) is 10.1. The number of nitrogens with one attached hydrogen (secondary N) is 1. The first-order valence-corrected chi connectivity index (χ1v) is 14.5. The van der Waals surface area contributed by atoms with Gasteiger partial charge in [0.25, 0.3) is 0 Å². The maximum atomic E-state index is 13.0. The van der Waals surface area contributed by atoms with Crippen molar-refractivity contribution in [1.82, 2.24) is 14.9 Å². The largest absolute Gasteiger partial charge is 0.459 e. The van der Waals surface area contributed by atoms with E-state index in [-0.39, 0.29) is 17.5 Å². The van der Waals surface area contributed by atoms with Gasteiger partial charge in [0, 0.05) is 25.3 Å². The molecule has 4 atom stereocenters. The summed E-state index contributed by atoms with van der Waals surface area (Å²) in [5.74, 6) is 1.58. The van der Waals surface area contributed by atoms with Gasteiger partial charge in [-0.25, -0.2) is 4.98 Å². The summed E-state index contributed by atoms with van der Waals surface area (Å²) in [5.41, 5.74) is 4.23. The van der Waals surface area contributed by atoms with Crippen molar-refractivity contribution in [3.05, 3.63) is 65.5 Å². The quantitative estimate of drug-likeness (QED) is 0.354. The topological polar surface area (TPSA) is 67.5 Å². The number of hydrogen-bond acceptors (Lipinski definition) is 5. The minimum absolute atomic E-state index is 0.0631. The highest BCUT2D eigenvalue weighted by Crippen LogP contribution is 2.62. The number of fused-ring (bicyclic) bond motifs is 4. The number of imidazole rings is 1. The van der Waals surface area contributed by atoms with Crippen LogP contribution in [0.1, 0.15) is 69.3 Å². The number of benzene rings is 2. The molecule has 3 aromatic rings. The van der Waals surface area contributed by atoms with Crippen molar-refractivity contribution in [2.75, 3.05) is 20.1 Å². The van der Waals surface area contributed by atoms with E-state index < -0.39 is 5.60 Å². The van der Waals surface area contributed by atoms with Gasteiger partial charge in [0.15, 0.2) is 0 Å². The number of nitrogens with zero attached hydrogens (tertiary/aromatic N) is 2. The summed E-state index contributed by atoms with van der Waals surface area (Å²) >= 11 is 0. The molecule has 38 heavy (non-hydrogen) atoms. The van der Waals surface area contributed by atoms with Crippen molar-refractivity contribution < 1.29 is 14.3 Å². The van der Waals surface area contributed by atoms with E-state index >= 15 is 0 Å². The summed E-state index contributed by atoms with van der Waals surface area (Å²) in [6.07, 6.45) is 6.95. The molecule has 2 bridgehead atoms. The molecule has 7 rings (SSSR count). The summed E-state index contributed by atoms with van der Waals surface area (Å²) in [6, 6.07) is 16.9. The average molecular weight is 516 g/mol. The number of carbonyl (C=O) groups is 1. The lowest BCUT2D eigenvalue weighted by molar-refractivity contribution is -0.229. The van der Waals surface area contributed by atoms with Crippen LogP contribution in [0, 0.1) is 17.8 Å². The molecule has 6 nitrogen and oxygen atoms in total. The zero-order valence-corrected chi connectivity index (χ0v) is 23.0. The number of hydrogen-bond donors (Lipinski definition) is 1. The SMILES string of the molecule is CC(C)C(=O)O[C@@]1(CCN(C)CCCc2nc3ccccc3[nH]2)C[C@H]2CC[C@@H]1C[C@@]21OCc2ccccc21. The van der Waals surface area contributed by atoms with E-state index in [2.05, 4.69) is 53.3 Å². The smallest absolute Gasteiger partial charge is 0.308 e. The minimum Gasteiger partial charge on any atom is -0.459 e. The summed E-state index contributed by atoms with van der Waals surface area (Å²) in [6.45, 7) is 6.49. The van der Waals surface area contributed by atoms with Crippen molar-refractivity contribution in [2.45, 2.75) is 76.6 Å². The normalized spacial score (nSPS) is 28.0. The predicted molar refractivity (Wildman–Crippen MR) is 149 cm³/mol. The highest BCUT2D eigenvalue weighted by atomic mass is 16.6. The maximum absolute atomic E-state index is 13.0. The third-order valence-corrected chi connectivity index (χ3v) is 9.45. The van der Waals surface area contributed by atoms with Crippen molar-refractivity contribution >= 4 is 17.0 Å². The van der Waals surface area contributed by atoms with Gasteiger partial charge in [-0.2, -0.15) is 0 Å². The molecule has 0 saturated heterocycles. The molecule has 1 spiro atoms. The lowest BCUT2D eigenvalue weighted by Gasteiger charge is -2.58. The fourth-order valence-electron chi connectivity index (χ4n) is 7.35. The van der Waals surface area contributed by atoms with Gasteiger partial charge in [0.1, 0.15) is 11.4 Å². The first-order valence-electron chi connectivity index (χ1n) is 14.5. The molecule has 3 saturated carbocycles. The van der Waals surface area contributed by atoms with E-state index in [1.807, 2.05) is 26.0 Å². The highest BCUT2D eigenvalue weighted by Gasteiger charge is 2.62. The molecule has 3 fully saturated rings. The monoisotopic (exact) mass is 515 g/mol. The van der Waals surface area contributed by atoms with Crippen LogP contribution in [0.2, 0.25) is 0 Å². The number of rotatable bonds is 9. The zero-order chi connectivity index (χ0) is 26.3. The molecule has 202 valence electrons. The molecule has 2 heterocycles. The lowest BCUT2D eigenvalue weighted by atomic mass is 9.53. The number of H-pyrrole nitrogens is 1. The lowest BCUT2D eigenvalue weighted by Crippen LogP contribution is -2.59. The molecule has 6 heteroatoms. The summed E-state index contributed by atoms with van der Waals surface area (Å²) in [4.78, 5) is 23.5. The van der Waals surface area contributed by atoms with Crippen LogP contribution in [-0.2, 0) is 32.9 Å². The van der Waals surface area contributed by atoms with Gasteiger partial charge in [-0.05, 0) is 74.9 Å². The Labute approximate surface area is 226 Å². The third-order valence-electron chi connectivity index (χ3n) is 9.45. The van der Waals surface area contributed by atoms with Crippen LogP contribution in [0.3, 0.4) is 0 Å². The molecule has 3 aliphatic carbocycles. The number of esters is 1. The van der Waals surface area contributed by atoms with Crippen molar-refractivity contribution in [2.24, 2.45) is 17.8 Å². The fourth-order valence-corrected chi connectivity index (χ4v) is 7.35. The summed E-state index contributed by atoms with van der Waals surface area (Å²) in [5, 5.41) is 0. The Hall–Kier alpha value is -2.70. The second-order valence-corrected chi connectivity index (χ2v) is 12.2. The standard InChI is InChI=1S/C32H41N3O3/c1-22(2)30(36)38-31(16-18-35(3)17-8-13-29-33-27-11-6-7-12-28(27)34-29)19-25-15-14-24(31)20-32(25)26-10-5-4-9-23(26)21-37-32/h4-7,9-12,22,24-25H,8,13-21H2,1-3H3,(H,33,34)/t24-,25-,31+,32-/m1/s1. The Kier molecular flexibility index (Phi) is 6.81. The Balaban J connectivity index is 1.12. The summed E-state index contributed by atoms with van der Waals surface area (Å²) in [7, 11) is 2.19. The number of aromatic amines is 1. The van der Waals surface area contributed by atoms with Crippen LogP contribution >= 0.6 is 0 Å². The molecule has 1 N–H and O–H groups in total. The van der Waals surface area contributed by atoms with Gasteiger partial charge in [0.05, 0.1) is 29.2 Å². The number of aromatic nitrogens is 2. The molecule has 1 aliphatic heterocycles. The van der Waals surface area contributed by atoms with Crippen molar-refractivity contribution in [3.63, 3.8) is 0 Å². The number of carbonyl (C=O) groups excluding carboxylic acids is 1. The molecule has 0 radical (unpaired) electrons. The predicted octanol–water partition coefficient (Wildman–Crippen LogP) is 6.00. The molecule has 1 aromatic heterocycles. The number of para-hydroxylation sites is 2. The van der Waals surface area contributed by atoms with E-state index in [1.54, 1.807) is 0 Å². The van der Waals surface area contributed by atoms with Gasteiger partial charge in [-0.15, -0.1) is 0 Å². The van der Waals surface area contributed by atoms with E-state index in [1.165, 1.54) is 11.1 Å². The molecule has 2 aromatic carbocycles. The average Bonchev–Trinajstić information content (AvgIpc) is 3.50. The van der Waals surface area contributed by atoms with Crippen LogP contribution in [0.15, 0.2) is 48.5 Å². The summed E-state index contributed by atoms with van der Waals surface area (Å²) < 4.78 is 13.1. The van der Waals surface area contributed by atoms with Crippen LogP contribution in [-0.4, -0.2) is 46.6 Å².